The predicted octanol–water partition coefficient (Wildman–Crippen LogP) is 4.17. The molecule has 0 aliphatic heterocycles. The van der Waals surface area contributed by atoms with Crippen molar-refractivity contribution in [3.05, 3.63) is 90.3 Å². The van der Waals surface area contributed by atoms with E-state index in [1.807, 2.05) is 18.2 Å². The molecule has 0 atom stereocenters. The van der Waals surface area contributed by atoms with Gasteiger partial charge >= 0.3 is 0 Å². The van der Waals surface area contributed by atoms with Crippen LogP contribution in [-0.2, 0) is 22.3 Å². The number of hydrogen-bond acceptors (Lipinski definition) is 8. The fourth-order valence-electron chi connectivity index (χ4n) is 3.42. The van der Waals surface area contributed by atoms with E-state index < -0.39 is 15.9 Å². The zero-order valence-corrected chi connectivity index (χ0v) is 19.7. The maximum Gasteiger partial charge on any atom is 0.291 e. The number of para-hydroxylation sites is 1. The number of fused-ring (bicyclic) bond motifs is 1. The first-order valence-electron chi connectivity index (χ1n) is 10.4. The van der Waals surface area contributed by atoms with Crippen LogP contribution in [0.15, 0.2) is 92.1 Å². The van der Waals surface area contributed by atoms with E-state index in [4.69, 9.17) is 8.83 Å². The van der Waals surface area contributed by atoms with Gasteiger partial charge in [0.15, 0.2) is 10.9 Å². The number of hydrogen-bond donors (Lipinski definition) is 3. The minimum atomic E-state index is -3.83. The van der Waals surface area contributed by atoms with Crippen LogP contribution in [0.25, 0.3) is 11.0 Å². The third kappa shape index (κ3) is 5.14. The number of sulfonamides is 1. The highest BCUT2D eigenvalue weighted by Crippen LogP contribution is 2.31. The fourth-order valence-corrected chi connectivity index (χ4v) is 5.27. The Labute approximate surface area is 204 Å². The molecule has 178 valence electrons. The molecule has 1 amide bonds. The standard InChI is InChI=1S/C23H19N5O5S2/c29-22(21-19(13-34-23-24-14-25-28-23)18-8-1-2-9-20(18)33-21)27-15-5-3-7-17(11-15)35(30,31)26-12-16-6-4-10-32-16/h1-11,14,26H,12-13H2,(H,27,29)(H,24,25,28). The van der Waals surface area contributed by atoms with Gasteiger partial charge in [-0.2, -0.15) is 5.10 Å². The van der Waals surface area contributed by atoms with E-state index in [9.17, 15) is 13.2 Å². The molecule has 0 aliphatic carbocycles. The first-order valence-corrected chi connectivity index (χ1v) is 12.9. The van der Waals surface area contributed by atoms with E-state index in [1.54, 1.807) is 30.3 Å². The number of nitrogens with one attached hydrogen (secondary N) is 3. The van der Waals surface area contributed by atoms with E-state index in [-0.39, 0.29) is 17.2 Å². The molecule has 5 aromatic rings. The molecule has 0 fully saturated rings. The van der Waals surface area contributed by atoms with Crippen LogP contribution in [0.3, 0.4) is 0 Å². The number of aromatic amines is 1. The van der Waals surface area contributed by atoms with Crippen molar-refractivity contribution in [1.29, 1.82) is 0 Å². The number of nitrogens with zero attached hydrogens (tertiary/aromatic N) is 2. The van der Waals surface area contributed by atoms with Crippen molar-refractivity contribution < 1.29 is 22.0 Å². The molecule has 0 aliphatic rings. The van der Waals surface area contributed by atoms with E-state index in [1.165, 1.54) is 36.5 Å². The maximum atomic E-state index is 13.2. The second kappa shape index (κ2) is 9.78. The molecule has 12 heteroatoms. The zero-order valence-electron chi connectivity index (χ0n) is 18.1. The lowest BCUT2D eigenvalue weighted by Crippen LogP contribution is -2.23. The van der Waals surface area contributed by atoms with E-state index in [0.717, 1.165) is 5.39 Å². The van der Waals surface area contributed by atoms with Crippen LogP contribution in [0.1, 0.15) is 21.9 Å². The quantitative estimate of drug-likeness (QED) is 0.251. The van der Waals surface area contributed by atoms with Gasteiger partial charge < -0.3 is 14.2 Å². The number of anilines is 1. The average Bonchev–Trinajstić information content (AvgIpc) is 3.63. The van der Waals surface area contributed by atoms with Gasteiger partial charge in [0, 0.05) is 22.4 Å². The van der Waals surface area contributed by atoms with Crippen molar-refractivity contribution in [3.63, 3.8) is 0 Å². The Morgan fingerprint density at radius 1 is 1.09 bits per heavy atom. The summed E-state index contributed by atoms with van der Waals surface area (Å²) in [7, 11) is -3.83. The molecule has 0 saturated carbocycles. The number of thioether (sulfide) groups is 1. The molecule has 3 N–H and O–H groups in total. The van der Waals surface area contributed by atoms with Gasteiger partial charge in [-0.25, -0.2) is 18.1 Å². The summed E-state index contributed by atoms with van der Waals surface area (Å²) in [6, 6.07) is 16.7. The smallest absolute Gasteiger partial charge is 0.291 e. The molecule has 2 aromatic carbocycles. The third-order valence-electron chi connectivity index (χ3n) is 5.07. The summed E-state index contributed by atoms with van der Waals surface area (Å²) in [6.45, 7) is 0.0110. The van der Waals surface area contributed by atoms with Crippen LogP contribution < -0.4 is 10.0 Å². The molecular weight excluding hydrogens is 490 g/mol. The SMILES string of the molecule is O=C(Nc1cccc(S(=O)(=O)NCc2ccco2)c1)c1oc2ccccc2c1CSc1ncn[nH]1. The molecule has 3 heterocycles. The Hall–Kier alpha value is -3.87. The minimum Gasteiger partial charge on any atom is -0.468 e. The Morgan fingerprint density at radius 3 is 2.77 bits per heavy atom. The summed E-state index contributed by atoms with van der Waals surface area (Å²) in [4.78, 5) is 17.3. The molecule has 0 radical (unpaired) electrons. The molecule has 0 spiro atoms. The van der Waals surface area contributed by atoms with Crippen LogP contribution >= 0.6 is 11.8 Å². The monoisotopic (exact) mass is 509 g/mol. The van der Waals surface area contributed by atoms with Crippen molar-refractivity contribution in [2.24, 2.45) is 0 Å². The lowest BCUT2D eigenvalue weighted by Gasteiger charge is -2.09. The largest absolute Gasteiger partial charge is 0.468 e. The number of furan rings is 2. The average molecular weight is 510 g/mol. The predicted molar refractivity (Wildman–Crippen MR) is 129 cm³/mol. The van der Waals surface area contributed by atoms with E-state index >= 15 is 0 Å². The molecule has 35 heavy (non-hydrogen) atoms. The van der Waals surface area contributed by atoms with E-state index in [0.29, 0.717) is 33.5 Å². The molecule has 0 bridgehead atoms. The molecule has 5 rings (SSSR count). The van der Waals surface area contributed by atoms with Gasteiger partial charge in [-0.15, -0.1) is 0 Å². The molecule has 3 aromatic heterocycles. The van der Waals surface area contributed by atoms with Crippen molar-refractivity contribution >= 4 is 44.3 Å². The van der Waals surface area contributed by atoms with Gasteiger partial charge in [0.1, 0.15) is 17.7 Å². The van der Waals surface area contributed by atoms with E-state index in [2.05, 4.69) is 25.2 Å². The second-order valence-corrected chi connectivity index (χ2v) is 10.1. The minimum absolute atomic E-state index is 0.00700. The Morgan fingerprint density at radius 2 is 1.97 bits per heavy atom. The molecule has 0 saturated heterocycles. The third-order valence-corrected chi connectivity index (χ3v) is 7.37. The number of carbonyl (C=O) groups is 1. The highest BCUT2D eigenvalue weighted by atomic mass is 32.2. The number of H-pyrrole nitrogens is 1. The lowest BCUT2D eigenvalue weighted by atomic mass is 10.1. The Balaban J connectivity index is 1.37. The number of rotatable bonds is 9. The topological polar surface area (TPSA) is 143 Å². The molecular formula is C23H19N5O5S2. The normalized spacial score (nSPS) is 11.7. The summed E-state index contributed by atoms with van der Waals surface area (Å²) < 4.78 is 38.9. The summed E-state index contributed by atoms with van der Waals surface area (Å²) in [5.41, 5.74) is 1.58. The number of carbonyl (C=O) groups excluding carboxylic acids is 1. The van der Waals surface area contributed by atoms with Crippen LogP contribution in [0, 0.1) is 0 Å². The Kier molecular flexibility index (Phi) is 6.40. The summed E-state index contributed by atoms with van der Waals surface area (Å²) in [5, 5.41) is 10.8. The summed E-state index contributed by atoms with van der Waals surface area (Å²) >= 11 is 1.38. The van der Waals surface area contributed by atoms with Crippen LogP contribution in [-0.4, -0.2) is 29.5 Å². The first-order chi connectivity index (χ1) is 17.0. The van der Waals surface area contributed by atoms with Gasteiger partial charge in [-0.3, -0.25) is 9.89 Å². The van der Waals surface area contributed by atoms with Gasteiger partial charge in [0.2, 0.25) is 10.0 Å². The van der Waals surface area contributed by atoms with Crippen molar-refractivity contribution in [2.45, 2.75) is 22.3 Å². The van der Waals surface area contributed by atoms with Crippen molar-refractivity contribution in [1.82, 2.24) is 19.9 Å². The summed E-state index contributed by atoms with van der Waals surface area (Å²) in [6.07, 6.45) is 2.88. The van der Waals surface area contributed by atoms with Crippen molar-refractivity contribution in [2.75, 3.05) is 5.32 Å². The number of aromatic nitrogens is 3. The molecule has 0 unspecified atom stereocenters. The second-order valence-electron chi connectivity index (χ2n) is 7.37. The van der Waals surface area contributed by atoms with Crippen LogP contribution in [0.4, 0.5) is 5.69 Å². The van der Waals surface area contributed by atoms with Gasteiger partial charge in [-0.05, 0) is 36.4 Å². The lowest BCUT2D eigenvalue weighted by molar-refractivity contribution is 0.0997. The summed E-state index contributed by atoms with van der Waals surface area (Å²) in [5.74, 6) is 0.550. The number of benzene rings is 2. The van der Waals surface area contributed by atoms with Gasteiger partial charge in [0.05, 0.1) is 17.7 Å². The fraction of sp³-hybridized carbons (Fsp3) is 0.0870. The zero-order chi connectivity index (χ0) is 24.3. The Bertz CT molecular complexity index is 1560. The highest BCUT2D eigenvalue weighted by molar-refractivity contribution is 7.98. The van der Waals surface area contributed by atoms with Crippen LogP contribution in [0.5, 0.6) is 0 Å². The molecule has 10 nitrogen and oxygen atoms in total. The first kappa shape index (κ1) is 22.9. The van der Waals surface area contributed by atoms with Gasteiger partial charge in [-0.1, -0.05) is 36.0 Å². The van der Waals surface area contributed by atoms with Gasteiger partial charge in [0.25, 0.3) is 5.91 Å². The van der Waals surface area contributed by atoms with Crippen LogP contribution in [0.2, 0.25) is 0 Å². The maximum absolute atomic E-state index is 13.2. The number of amides is 1. The highest BCUT2D eigenvalue weighted by Gasteiger charge is 2.22. The van der Waals surface area contributed by atoms with Crippen molar-refractivity contribution in [3.8, 4) is 0 Å².